The molecule has 4 heteroatoms. The highest BCUT2D eigenvalue weighted by Crippen LogP contribution is 2.35. The van der Waals surface area contributed by atoms with Gasteiger partial charge in [-0.3, -0.25) is 9.59 Å². The van der Waals surface area contributed by atoms with Gasteiger partial charge in [-0.1, -0.05) is 74.5 Å². The minimum Gasteiger partial charge on any atom is -0.457 e. The highest BCUT2D eigenvalue weighted by atomic mass is 16.6. The van der Waals surface area contributed by atoms with E-state index in [0.717, 1.165) is 11.1 Å². The van der Waals surface area contributed by atoms with Crippen LogP contribution >= 0.6 is 0 Å². The molecule has 144 valence electrons. The molecule has 0 aliphatic carbocycles. The van der Waals surface area contributed by atoms with Gasteiger partial charge < -0.3 is 9.47 Å². The Morgan fingerprint density at radius 2 is 1.44 bits per heavy atom. The van der Waals surface area contributed by atoms with E-state index in [0.29, 0.717) is 25.7 Å². The van der Waals surface area contributed by atoms with Gasteiger partial charge in [-0.05, 0) is 30.9 Å². The summed E-state index contributed by atoms with van der Waals surface area (Å²) in [5.74, 6) is -0.487. The lowest BCUT2D eigenvalue weighted by atomic mass is 9.88. The summed E-state index contributed by atoms with van der Waals surface area (Å²) in [6.45, 7) is 5.48. The molecule has 0 amide bonds. The van der Waals surface area contributed by atoms with E-state index >= 15 is 0 Å². The molecule has 2 atom stereocenters. The number of carbonyl (C=O) groups is 2. The first kappa shape index (κ1) is 20.7. The molecule has 0 saturated heterocycles. The molecule has 0 spiro atoms. The second kappa shape index (κ2) is 9.91. The fourth-order valence-corrected chi connectivity index (χ4v) is 2.98. The van der Waals surface area contributed by atoms with Gasteiger partial charge in [0.15, 0.2) is 0 Å². The summed E-state index contributed by atoms with van der Waals surface area (Å²) in [4.78, 5) is 23.9. The molecule has 0 fully saturated rings. The van der Waals surface area contributed by atoms with Crippen molar-refractivity contribution in [2.75, 3.05) is 0 Å². The van der Waals surface area contributed by atoms with Crippen molar-refractivity contribution in [2.45, 2.75) is 58.2 Å². The molecule has 0 heterocycles. The lowest BCUT2D eigenvalue weighted by Crippen LogP contribution is -2.30. The van der Waals surface area contributed by atoms with E-state index in [2.05, 4.69) is 0 Å². The zero-order valence-electron chi connectivity index (χ0n) is 16.3. The third-order valence-electron chi connectivity index (χ3n) is 4.63. The zero-order chi connectivity index (χ0) is 19.7. The van der Waals surface area contributed by atoms with E-state index in [-0.39, 0.29) is 18.0 Å². The quantitative estimate of drug-likeness (QED) is 0.561. The van der Waals surface area contributed by atoms with Crippen molar-refractivity contribution >= 4 is 11.9 Å². The molecule has 2 rings (SSSR count). The number of ether oxygens (including phenoxy) is 2. The van der Waals surface area contributed by atoms with Crippen LogP contribution in [0.3, 0.4) is 0 Å². The van der Waals surface area contributed by atoms with Crippen LogP contribution in [0.15, 0.2) is 60.7 Å². The Bertz CT molecular complexity index is 727. The summed E-state index contributed by atoms with van der Waals surface area (Å²) in [5.41, 5.74) is 1.09. The minimum atomic E-state index is -0.778. The molecule has 2 unspecified atom stereocenters. The van der Waals surface area contributed by atoms with Crippen molar-refractivity contribution in [1.82, 2.24) is 0 Å². The minimum absolute atomic E-state index is 0.240. The lowest BCUT2D eigenvalue weighted by Gasteiger charge is -2.32. The van der Waals surface area contributed by atoms with Gasteiger partial charge in [-0.25, -0.2) is 0 Å². The number of hydrogen-bond donors (Lipinski definition) is 0. The third kappa shape index (κ3) is 5.95. The van der Waals surface area contributed by atoms with Gasteiger partial charge in [0.25, 0.3) is 0 Å². The van der Waals surface area contributed by atoms with Gasteiger partial charge in [0.2, 0.25) is 0 Å². The summed E-state index contributed by atoms with van der Waals surface area (Å²) in [5, 5.41) is 0. The second-order valence-corrected chi connectivity index (χ2v) is 6.71. The SMILES string of the molecule is CCC(=O)OC(CCC(C)(OC(=O)CC)c1ccccc1)c1ccccc1. The molecule has 0 N–H and O–H groups in total. The van der Waals surface area contributed by atoms with Crippen LogP contribution in [0.4, 0.5) is 0 Å². The average Bonchev–Trinajstić information content (AvgIpc) is 2.72. The highest BCUT2D eigenvalue weighted by molar-refractivity contribution is 5.70. The van der Waals surface area contributed by atoms with E-state index < -0.39 is 5.60 Å². The Balaban J connectivity index is 2.23. The van der Waals surface area contributed by atoms with Crippen LogP contribution in [0.2, 0.25) is 0 Å². The molecule has 0 saturated carbocycles. The number of rotatable bonds is 9. The predicted octanol–water partition coefficient (Wildman–Crippen LogP) is 5.33. The Morgan fingerprint density at radius 3 is 2.00 bits per heavy atom. The van der Waals surface area contributed by atoms with Gasteiger partial charge >= 0.3 is 11.9 Å². The fraction of sp³-hybridized carbons (Fsp3) is 0.391. The van der Waals surface area contributed by atoms with Gasteiger partial charge in [-0.15, -0.1) is 0 Å². The van der Waals surface area contributed by atoms with E-state index in [1.807, 2.05) is 67.6 Å². The van der Waals surface area contributed by atoms with Crippen molar-refractivity contribution in [2.24, 2.45) is 0 Å². The molecule has 0 radical (unpaired) electrons. The Morgan fingerprint density at radius 1 is 0.889 bits per heavy atom. The van der Waals surface area contributed by atoms with Gasteiger partial charge in [0.1, 0.15) is 11.7 Å². The number of benzene rings is 2. The summed E-state index contributed by atoms with van der Waals surface area (Å²) in [6.07, 6.45) is 1.36. The van der Waals surface area contributed by atoms with Crippen LogP contribution in [0.25, 0.3) is 0 Å². The Hall–Kier alpha value is -2.62. The Kier molecular flexibility index (Phi) is 7.59. The van der Waals surface area contributed by atoms with E-state index in [1.165, 1.54) is 0 Å². The molecule has 0 aliphatic heterocycles. The van der Waals surface area contributed by atoms with E-state index in [9.17, 15) is 9.59 Å². The highest BCUT2D eigenvalue weighted by Gasteiger charge is 2.32. The fourth-order valence-electron chi connectivity index (χ4n) is 2.98. The summed E-state index contributed by atoms with van der Waals surface area (Å²) in [7, 11) is 0. The summed E-state index contributed by atoms with van der Waals surface area (Å²) < 4.78 is 11.5. The normalized spacial score (nSPS) is 14.0. The van der Waals surface area contributed by atoms with E-state index in [1.54, 1.807) is 13.8 Å². The summed E-state index contributed by atoms with van der Waals surface area (Å²) >= 11 is 0. The first-order valence-electron chi connectivity index (χ1n) is 9.50. The maximum absolute atomic E-state index is 12.0. The number of hydrogen-bond acceptors (Lipinski definition) is 4. The van der Waals surface area contributed by atoms with Gasteiger partial charge in [0, 0.05) is 12.8 Å². The topological polar surface area (TPSA) is 52.6 Å². The van der Waals surface area contributed by atoms with Crippen LogP contribution in [-0.2, 0) is 24.7 Å². The zero-order valence-corrected chi connectivity index (χ0v) is 16.3. The van der Waals surface area contributed by atoms with Crippen LogP contribution in [-0.4, -0.2) is 11.9 Å². The molecular formula is C23H28O4. The standard InChI is InChI=1S/C23H28O4/c1-4-21(24)26-20(18-12-8-6-9-13-18)16-17-23(3,27-22(25)5-2)19-14-10-7-11-15-19/h6-15,20H,4-5,16-17H2,1-3H3. The summed E-state index contributed by atoms with van der Waals surface area (Å²) in [6, 6.07) is 19.4. The van der Waals surface area contributed by atoms with Crippen molar-refractivity contribution in [3.8, 4) is 0 Å². The average molecular weight is 368 g/mol. The van der Waals surface area contributed by atoms with Gasteiger partial charge in [-0.2, -0.15) is 0 Å². The molecular weight excluding hydrogens is 340 g/mol. The predicted molar refractivity (Wildman–Crippen MR) is 105 cm³/mol. The maximum atomic E-state index is 12.0. The van der Waals surface area contributed by atoms with Crippen molar-refractivity contribution < 1.29 is 19.1 Å². The largest absolute Gasteiger partial charge is 0.457 e. The second-order valence-electron chi connectivity index (χ2n) is 6.71. The van der Waals surface area contributed by atoms with Crippen molar-refractivity contribution in [1.29, 1.82) is 0 Å². The van der Waals surface area contributed by atoms with Gasteiger partial charge in [0.05, 0.1) is 0 Å². The molecule has 27 heavy (non-hydrogen) atoms. The smallest absolute Gasteiger partial charge is 0.306 e. The molecule has 0 aliphatic rings. The first-order valence-corrected chi connectivity index (χ1v) is 9.50. The van der Waals surface area contributed by atoms with E-state index in [4.69, 9.17) is 9.47 Å². The van der Waals surface area contributed by atoms with Crippen LogP contribution in [0, 0.1) is 0 Å². The lowest BCUT2D eigenvalue weighted by molar-refractivity contribution is -0.162. The molecule has 4 nitrogen and oxygen atoms in total. The maximum Gasteiger partial charge on any atom is 0.306 e. The number of carbonyl (C=O) groups excluding carboxylic acids is 2. The molecule has 0 aromatic heterocycles. The van der Waals surface area contributed by atoms with Crippen LogP contribution in [0.5, 0.6) is 0 Å². The third-order valence-corrected chi connectivity index (χ3v) is 4.63. The first-order chi connectivity index (χ1) is 13.0. The van der Waals surface area contributed by atoms with Crippen LogP contribution in [0.1, 0.15) is 63.7 Å². The number of esters is 2. The van der Waals surface area contributed by atoms with Crippen LogP contribution < -0.4 is 0 Å². The molecule has 2 aromatic carbocycles. The van der Waals surface area contributed by atoms with Crippen molar-refractivity contribution in [3.05, 3.63) is 71.8 Å². The monoisotopic (exact) mass is 368 g/mol. The molecule has 0 bridgehead atoms. The molecule has 2 aromatic rings. The van der Waals surface area contributed by atoms with Crippen molar-refractivity contribution in [3.63, 3.8) is 0 Å². The Labute approximate surface area is 161 Å².